The van der Waals surface area contributed by atoms with E-state index in [1.165, 1.54) is 17.1 Å². The van der Waals surface area contributed by atoms with Gasteiger partial charge in [-0.15, -0.1) is 0 Å². The molecular weight excluding hydrogens is 338 g/mol. The Labute approximate surface area is 151 Å². The third kappa shape index (κ3) is 5.52. The summed E-state index contributed by atoms with van der Waals surface area (Å²) in [5, 5.41) is 2.86. The predicted molar refractivity (Wildman–Crippen MR) is 100 cm³/mol. The Bertz CT molecular complexity index is 647. The number of nitrogens with one attached hydrogen (secondary N) is 1. The van der Waals surface area contributed by atoms with Crippen LogP contribution in [-0.2, 0) is 14.8 Å². The number of likely N-dealkylation sites (tertiary alicyclic amines) is 1. The molecule has 1 aliphatic heterocycles. The Morgan fingerprint density at radius 2 is 1.60 bits per heavy atom. The third-order valence-electron chi connectivity index (χ3n) is 4.55. The first-order valence-corrected chi connectivity index (χ1v) is 10.5. The number of amides is 1. The van der Waals surface area contributed by atoms with Crippen molar-refractivity contribution < 1.29 is 13.2 Å². The van der Waals surface area contributed by atoms with Gasteiger partial charge in [0, 0.05) is 18.8 Å². The van der Waals surface area contributed by atoms with E-state index in [1.54, 1.807) is 24.3 Å². The average Bonchev–Trinajstić information content (AvgIpc) is 2.84. The van der Waals surface area contributed by atoms with Crippen LogP contribution in [0.2, 0.25) is 0 Å². The SMILES string of the molecule is CCN(CC)S(=O)(=O)c1ccc(NC(=O)CN2CCCCCC2)cc1. The zero-order valence-corrected chi connectivity index (χ0v) is 16.0. The van der Waals surface area contributed by atoms with Gasteiger partial charge < -0.3 is 5.32 Å². The van der Waals surface area contributed by atoms with Crippen LogP contribution in [-0.4, -0.2) is 56.3 Å². The summed E-state index contributed by atoms with van der Waals surface area (Å²) < 4.78 is 26.3. The summed E-state index contributed by atoms with van der Waals surface area (Å²) in [4.78, 5) is 14.6. The minimum Gasteiger partial charge on any atom is -0.325 e. The van der Waals surface area contributed by atoms with E-state index in [9.17, 15) is 13.2 Å². The molecule has 0 radical (unpaired) electrons. The highest BCUT2D eigenvalue weighted by Gasteiger charge is 2.21. The van der Waals surface area contributed by atoms with Crippen LogP contribution in [0.15, 0.2) is 29.2 Å². The average molecular weight is 368 g/mol. The van der Waals surface area contributed by atoms with Gasteiger partial charge >= 0.3 is 0 Å². The molecule has 0 unspecified atom stereocenters. The van der Waals surface area contributed by atoms with Gasteiger partial charge in [0.05, 0.1) is 11.4 Å². The molecule has 1 amide bonds. The maximum Gasteiger partial charge on any atom is 0.243 e. The van der Waals surface area contributed by atoms with Crippen molar-refractivity contribution in [2.75, 3.05) is 38.0 Å². The van der Waals surface area contributed by atoms with Crippen molar-refractivity contribution >= 4 is 21.6 Å². The summed E-state index contributed by atoms with van der Waals surface area (Å²) in [6.45, 7) is 6.83. The maximum atomic E-state index is 12.5. The van der Waals surface area contributed by atoms with E-state index in [4.69, 9.17) is 0 Å². The fourth-order valence-corrected chi connectivity index (χ4v) is 4.58. The molecule has 0 bridgehead atoms. The summed E-state index contributed by atoms with van der Waals surface area (Å²) >= 11 is 0. The first-order chi connectivity index (χ1) is 12.0. The number of rotatable bonds is 7. The topological polar surface area (TPSA) is 69.7 Å². The van der Waals surface area contributed by atoms with Crippen LogP contribution >= 0.6 is 0 Å². The van der Waals surface area contributed by atoms with Crippen molar-refractivity contribution in [2.45, 2.75) is 44.4 Å². The first kappa shape index (κ1) is 19.9. The lowest BCUT2D eigenvalue weighted by Gasteiger charge is -2.19. The number of carbonyl (C=O) groups excluding carboxylic acids is 1. The molecular formula is C18H29N3O3S. The Morgan fingerprint density at radius 3 is 2.12 bits per heavy atom. The molecule has 0 aliphatic carbocycles. The van der Waals surface area contributed by atoms with Crippen molar-refractivity contribution in [1.82, 2.24) is 9.21 Å². The van der Waals surface area contributed by atoms with Crippen molar-refractivity contribution in [3.63, 3.8) is 0 Å². The quantitative estimate of drug-likeness (QED) is 0.804. The van der Waals surface area contributed by atoms with Gasteiger partial charge in [0.15, 0.2) is 0 Å². The predicted octanol–water partition coefficient (Wildman–Crippen LogP) is 2.53. The molecule has 1 N–H and O–H groups in total. The number of hydrogen-bond acceptors (Lipinski definition) is 4. The van der Waals surface area contributed by atoms with Gasteiger partial charge in [-0.1, -0.05) is 26.7 Å². The molecule has 6 nitrogen and oxygen atoms in total. The molecule has 1 saturated heterocycles. The monoisotopic (exact) mass is 367 g/mol. The number of carbonyl (C=O) groups is 1. The third-order valence-corrected chi connectivity index (χ3v) is 6.61. The normalized spacial score (nSPS) is 16.6. The highest BCUT2D eigenvalue weighted by molar-refractivity contribution is 7.89. The summed E-state index contributed by atoms with van der Waals surface area (Å²) in [5.74, 6) is -0.0544. The fourth-order valence-electron chi connectivity index (χ4n) is 3.12. The second-order valence-corrected chi connectivity index (χ2v) is 8.29. The van der Waals surface area contributed by atoms with Crippen LogP contribution in [0.25, 0.3) is 0 Å². The molecule has 2 rings (SSSR count). The Hall–Kier alpha value is -1.44. The smallest absolute Gasteiger partial charge is 0.243 e. The van der Waals surface area contributed by atoms with E-state index in [-0.39, 0.29) is 10.8 Å². The molecule has 1 aromatic rings. The summed E-state index contributed by atoms with van der Waals surface area (Å²) in [6, 6.07) is 6.40. The zero-order chi connectivity index (χ0) is 18.3. The van der Waals surface area contributed by atoms with Crippen LogP contribution in [0.1, 0.15) is 39.5 Å². The van der Waals surface area contributed by atoms with Crippen molar-refractivity contribution in [3.8, 4) is 0 Å². The molecule has 1 fully saturated rings. The highest BCUT2D eigenvalue weighted by Crippen LogP contribution is 2.18. The molecule has 140 valence electrons. The van der Waals surface area contributed by atoms with Gasteiger partial charge in [0.25, 0.3) is 0 Å². The van der Waals surface area contributed by atoms with E-state index in [1.807, 2.05) is 13.8 Å². The standard InChI is InChI=1S/C18H29N3O3S/c1-3-21(4-2)25(23,24)17-11-9-16(10-12-17)19-18(22)15-20-13-7-5-6-8-14-20/h9-12H,3-8,13-15H2,1-2H3,(H,19,22). The lowest BCUT2D eigenvalue weighted by molar-refractivity contribution is -0.117. The molecule has 7 heteroatoms. The van der Waals surface area contributed by atoms with E-state index in [0.717, 1.165) is 25.9 Å². The molecule has 0 spiro atoms. The fraction of sp³-hybridized carbons (Fsp3) is 0.611. The van der Waals surface area contributed by atoms with Crippen molar-refractivity contribution in [1.29, 1.82) is 0 Å². The Morgan fingerprint density at radius 1 is 1.04 bits per heavy atom. The van der Waals surface area contributed by atoms with E-state index in [2.05, 4.69) is 10.2 Å². The molecule has 1 aromatic carbocycles. The second kappa shape index (κ2) is 9.31. The number of hydrogen-bond donors (Lipinski definition) is 1. The maximum absolute atomic E-state index is 12.5. The Balaban J connectivity index is 1.96. The lowest BCUT2D eigenvalue weighted by Crippen LogP contribution is -2.34. The number of anilines is 1. The van der Waals surface area contributed by atoms with Gasteiger partial charge in [-0.05, 0) is 50.2 Å². The minimum absolute atomic E-state index is 0.0544. The number of sulfonamides is 1. The van der Waals surface area contributed by atoms with Gasteiger partial charge in [-0.3, -0.25) is 9.69 Å². The van der Waals surface area contributed by atoms with Crippen LogP contribution in [0.4, 0.5) is 5.69 Å². The Kier molecular flexibility index (Phi) is 7.40. The highest BCUT2D eigenvalue weighted by atomic mass is 32.2. The first-order valence-electron chi connectivity index (χ1n) is 9.09. The van der Waals surface area contributed by atoms with Crippen LogP contribution in [0.5, 0.6) is 0 Å². The minimum atomic E-state index is -3.46. The van der Waals surface area contributed by atoms with Crippen LogP contribution in [0.3, 0.4) is 0 Å². The van der Waals surface area contributed by atoms with Gasteiger partial charge in [0.1, 0.15) is 0 Å². The molecule has 0 saturated carbocycles. The summed E-state index contributed by atoms with van der Waals surface area (Å²) in [5.41, 5.74) is 0.623. The number of benzene rings is 1. The molecule has 1 heterocycles. The lowest BCUT2D eigenvalue weighted by atomic mass is 10.2. The van der Waals surface area contributed by atoms with Gasteiger partial charge in [-0.25, -0.2) is 8.42 Å². The van der Waals surface area contributed by atoms with E-state index < -0.39 is 10.0 Å². The summed E-state index contributed by atoms with van der Waals surface area (Å²) in [7, 11) is -3.46. The number of nitrogens with zero attached hydrogens (tertiary/aromatic N) is 2. The van der Waals surface area contributed by atoms with E-state index in [0.29, 0.717) is 25.3 Å². The second-order valence-electron chi connectivity index (χ2n) is 6.35. The van der Waals surface area contributed by atoms with Crippen molar-refractivity contribution in [3.05, 3.63) is 24.3 Å². The largest absolute Gasteiger partial charge is 0.325 e. The van der Waals surface area contributed by atoms with Crippen molar-refractivity contribution in [2.24, 2.45) is 0 Å². The van der Waals surface area contributed by atoms with Crippen LogP contribution in [0, 0.1) is 0 Å². The summed E-state index contributed by atoms with van der Waals surface area (Å²) in [6.07, 6.45) is 4.76. The molecule has 0 atom stereocenters. The zero-order valence-electron chi connectivity index (χ0n) is 15.2. The molecule has 25 heavy (non-hydrogen) atoms. The van der Waals surface area contributed by atoms with Gasteiger partial charge in [0.2, 0.25) is 15.9 Å². The van der Waals surface area contributed by atoms with E-state index >= 15 is 0 Å². The molecule has 1 aliphatic rings. The molecule has 0 aromatic heterocycles. The van der Waals surface area contributed by atoms with Crippen LogP contribution < -0.4 is 5.32 Å². The van der Waals surface area contributed by atoms with Gasteiger partial charge in [-0.2, -0.15) is 4.31 Å².